The van der Waals surface area contributed by atoms with Crippen molar-refractivity contribution in [3.63, 3.8) is 0 Å². The number of benzene rings is 2. The number of unbranched alkanes of at least 4 members (excludes halogenated alkanes) is 2. The fraction of sp³-hybridized carbons (Fsp3) is 0.500. The van der Waals surface area contributed by atoms with Crippen molar-refractivity contribution in [2.75, 3.05) is 42.6 Å². The minimum absolute atomic E-state index is 0.0814. The van der Waals surface area contributed by atoms with Gasteiger partial charge in [0.2, 0.25) is 11.8 Å². The molecule has 8 nitrogen and oxygen atoms in total. The summed E-state index contributed by atoms with van der Waals surface area (Å²) in [6.45, 7) is 17.5. The zero-order chi connectivity index (χ0) is 33.9. The molecule has 2 bridgehead atoms. The lowest BCUT2D eigenvalue weighted by atomic mass is 9.66. The molecule has 5 rings (SSSR count). The van der Waals surface area contributed by atoms with Crippen LogP contribution >= 0.6 is 11.8 Å². The van der Waals surface area contributed by atoms with Gasteiger partial charge in [0.25, 0.3) is 5.91 Å². The molecule has 5 atom stereocenters. The van der Waals surface area contributed by atoms with E-state index < -0.39 is 27.4 Å². The van der Waals surface area contributed by atoms with Gasteiger partial charge in [-0.25, -0.2) is 0 Å². The van der Waals surface area contributed by atoms with Crippen LogP contribution in [0.3, 0.4) is 0 Å². The van der Waals surface area contributed by atoms with Gasteiger partial charge in [-0.3, -0.25) is 14.4 Å². The lowest BCUT2D eigenvalue weighted by molar-refractivity contribution is -0.139. The Morgan fingerprint density at radius 2 is 1.72 bits per heavy atom. The molecule has 1 spiro atoms. The van der Waals surface area contributed by atoms with Crippen LogP contribution in [-0.2, 0) is 14.4 Å². The molecule has 252 valence electrons. The van der Waals surface area contributed by atoms with Crippen LogP contribution in [0.5, 0.6) is 5.75 Å². The maximum Gasteiger partial charge on any atom is 0.251 e. The zero-order valence-corrected chi connectivity index (χ0v) is 29.1. The molecular weight excluding hydrogens is 611 g/mol. The summed E-state index contributed by atoms with van der Waals surface area (Å²) < 4.78 is 4.38. The summed E-state index contributed by atoms with van der Waals surface area (Å²) in [5.41, 5.74) is 3.54. The Morgan fingerprint density at radius 3 is 2.38 bits per heavy atom. The third-order valence-corrected chi connectivity index (χ3v) is 12.1. The summed E-state index contributed by atoms with van der Waals surface area (Å²) in [6.07, 6.45) is 6.89. The van der Waals surface area contributed by atoms with Gasteiger partial charge in [-0.15, -0.1) is 24.9 Å². The van der Waals surface area contributed by atoms with E-state index in [1.54, 1.807) is 38.6 Å². The topological polar surface area (TPSA) is 90.4 Å². The van der Waals surface area contributed by atoms with Gasteiger partial charge < -0.3 is 24.5 Å². The molecule has 3 aliphatic heterocycles. The van der Waals surface area contributed by atoms with Gasteiger partial charge >= 0.3 is 0 Å². The van der Waals surface area contributed by atoms with E-state index >= 15 is 4.79 Å². The van der Waals surface area contributed by atoms with Crippen LogP contribution < -0.4 is 14.5 Å². The van der Waals surface area contributed by atoms with Crippen LogP contribution in [0.1, 0.15) is 57.1 Å². The maximum atomic E-state index is 15.0. The van der Waals surface area contributed by atoms with E-state index in [-0.39, 0.29) is 24.3 Å². The van der Waals surface area contributed by atoms with E-state index in [9.17, 15) is 14.7 Å². The smallest absolute Gasteiger partial charge is 0.251 e. The van der Waals surface area contributed by atoms with Gasteiger partial charge in [0.15, 0.2) is 0 Å². The number of thioether (sulfide) groups is 1. The lowest BCUT2D eigenvalue weighted by Gasteiger charge is -2.38. The average Bonchev–Trinajstić information content (AvgIpc) is 3.62. The van der Waals surface area contributed by atoms with Crippen LogP contribution in [0, 0.1) is 25.7 Å². The van der Waals surface area contributed by atoms with Gasteiger partial charge in [-0.2, -0.15) is 0 Å². The normalized spacial score (nSPS) is 25.9. The van der Waals surface area contributed by atoms with Gasteiger partial charge in [-0.1, -0.05) is 24.3 Å². The van der Waals surface area contributed by atoms with Crippen molar-refractivity contribution in [1.29, 1.82) is 0 Å². The van der Waals surface area contributed by atoms with Gasteiger partial charge in [-0.05, 0) is 101 Å². The number of aryl methyl sites for hydroxylation is 2. The molecule has 0 radical (unpaired) electrons. The number of hydrogen-bond acceptors (Lipinski definition) is 6. The average molecular weight is 660 g/mol. The van der Waals surface area contributed by atoms with Crippen molar-refractivity contribution in [2.24, 2.45) is 11.8 Å². The number of hydrogen-bond donors (Lipinski definition) is 1. The number of likely N-dealkylation sites (tertiary alicyclic amines) is 1. The fourth-order valence-electron chi connectivity index (χ4n) is 7.99. The molecule has 3 aliphatic rings. The Morgan fingerprint density at radius 1 is 1.02 bits per heavy atom. The highest BCUT2D eigenvalue weighted by Gasteiger charge is 2.77. The number of amides is 3. The number of ether oxygens (including phenoxy) is 1. The Bertz CT molecular complexity index is 1510. The molecule has 0 saturated carbocycles. The molecule has 1 N–H and O–H groups in total. The van der Waals surface area contributed by atoms with Gasteiger partial charge in [0.1, 0.15) is 11.8 Å². The third-order valence-electron chi connectivity index (χ3n) is 10.1. The predicted molar refractivity (Wildman–Crippen MR) is 190 cm³/mol. The summed E-state index contributed by atoms with van der Waals surface area (Å²) in [4.78, 5) is 49.8. The third kappa shape index (κ3) is 6.24. The van der Waals surface area contributed by atoms with Crippen LogP contribution in [-0.4, -0.2) is 76.1 Å². The first kappa shape index (κ1) is 34.8. The summed E-state index contributed by atoms with van der Waals surface area (Å²) >= 11 is 1.68. The molecule has 2 unspecified atom stereocenters. The Kier molecular flexibility index (Phi) is 10.6. The number of carbonyl (C=O) groups excluding carboxylic acids is 3. The highest BCUT2D eigenvalue weighted by atomic mass is 32.2. The maximum absolute atomic E-state index is 15.0. The molecular formula is C38H49N3O5S. The summed E-state index contributed by atoms with van der Waals surface area (Å²) in [7, 11) is 0. The minimum Gasteiger partial charge on any atom is -0.494 e. The summed E-state index contributed by atoms with van der Waals surface area (Å²) in [5, 5.41) is 9.42. The number of rotatable bonds is 15. The van der Waals surface area contributed by atoms with Gasteiger partial charge in [0, 0.05) is 42.4 Å². The SMILES string of the molecule is C=CCN(C(=O)[C@@H]1[C@H]2C(=O)N(CCCCCO)C(C(=O)N(CC=C)c3cc(C)ccc3C)C23CC[C@@]1(C)S3)c1ccc(OCC)cc1. The summed E-state index contributed by atoms with van der Waals surface area (Å²) in [5.74, 6) is -0.880. The largest absolute Gasteiger partial charge is 0.494 e. The van der Waals surface area contributed by atoms with E-state index in [0.717, 1.165) is 41.1 Å². The van der Waals surface area contributed by atoms with Crippen molar-refractivity contribution in [3.8, 4) is 5.75 Å². The van der Waals surface area contributed by atoms with Crippen LogP contribution in [0.2, 0.25) is 0 Å². The van der Waals surface area contributed by atoms with E-state index in [2.05, 4.69) is 20.1 Å². The van der Waals surface area contributed by atoms with Crippen LogP contribution in [0.25, 0.3) is 0 Å². The second kappa shape index (κ2) is 14.3. The predicted octanol–water partition coefficient (Wildman–Crippen LogP) is 6.08. The van der Waals surface area contributed by atoms with E-state index in [1.165, 1.54) is 0 Å². The van der Waals surface area contributed by atoms with Crippen molar-refractivity contribution >= 4 is 40.9 Å². The second-order valence-electron chi connectivity index (χ2n) is 13.2. The van der Waals surface area contributed by atoms with Crippen molar-refractivity contribution in [1.82, 2.24) is 4.90 Å². The van der Waals surface area contributed by atoms with Crippen LogP contribution in [0.4, 0.5) is 11.4 Å². The highest BCUT2D eigenvalue weighted by molar-refractivity contribution is 8.02. The second-order valence-corrected chi connectivity index (χ2v) is 15.1. The minimum atomic E-state index is -0.740. The standard InChI is InChI=1S/C38H49N3O5S/c1-7-21-39(28-15-17-29(18-16-28)46-9-3)34(43)31-32-35(44)41(23-11-10-12-24-42)33(38(32)20-19-37(31,6)47-38)36(45)40(22-8-2)30-25-26(4)13-14-27(30)5/h7-8,13-18,25,31-33,42H,1-2,9-12,19-24H2,3-6H3/t31-,32-,33?,37+,38?/m0/s1. The molecule has 0 aliphatic carbocycles. The number of anilines is 2. The number of fused-ring (bicyclic) bond motifs is 1. The number of nitrogens with zero attached hydrogens (tertiary/aromatic N) is 3. The lowest BCUT2D eigenvalue weighted by Crippen LogP contribution is -2.55. The van der Waals surface area contributed by atoms with Gasteiger partial charge in [0.05, 0.1) is 23.2 Å². The van der Waals surface area contributed by atoms with E-state index in [4.69, 9.17) is 4.74 Å². The monoisotopic (exact) mass is 659 g/mol. The Hall–Kier alpha value is -3.56. The van der Waals surface area contributed by atoms with E-state index in [0.29, 0.717) is 45.5 Å². The Balaban J connectivity index is 1.57. The summed E-state index contributed by atoms with van der Waals surface area (Å²) in [6, 6.07) is 12.8. The molecule has 0 aromatic heterocycles. The first-order valence-corrected chi connectivity index (χ1v) is 17.6. The molecule has 47 heavy (non-hydrogen) atoms. The van der Waals surface area contributed by atoms with Crippen LogP contribution in [0.15, 0.2) is 67.8 Å². The molecule has 3 amide bonds. The first-order valence-electron chi connectivity index (χ1n) is 16.8. The van der Waals surface area contributed by atoms with Crippen molar-refractivity contribution in [3.05, 3.63) is 78.9 Å². The zero-order valence-electron chi connectivity index (χ0n) is 28.2. The Labute approximate surface area is 283 Å². The van der Waals surface area contributed by atoms with Crippen molar-refractivity contribution in [2.45, 2.75) is 75.3 Å². The molecule has 2 aromatic rings. The molecule has 9 heteroatoms. The molecule has 3 fully saturated rings. The van der Waals surface area contributed by atoms with Crippen molar-refractivity contribution < 1.29 is 24.2 Å². The number of carbonyl (C=O) groups is 3. The molecule has 3 heterocycles. The number of aliphatic hydroxyl groups excluding tert-OH is 1. The highest BCUT2D eigenvalue weighted by Crippen LogP contribution is 2.71. The quantitative estimate of drug-likeness (QED) is 0.184. The van der Waals surface area contributed by atoms with E-state index in [1.807, 2.05) is 63.2 Å². The first-order chi connectivity index (χ1) is 22.6. The fourth-order valence-corrected chi connectivity index (χ4v) is 10.3. The molecule has 2 aromatic carbocycles. The molecule has 3 saturated heterocycles. The number of aliphatic hydroxyl groups is 1.